The summed E-state index contributed by atoms with van der Waals surface area (Å²) in [6, 6.07) is 16.8. The fourth-order valence-corrected chi connectivity index (χ4v) is 2.33. The molecule has 5 nitrogen and oxygen atoms in total. The van der Waals surface area contributed by atoms with Crippen molar-refractivity contribution in [2.24, 2.45) is 0 Å². The molecular weight excluding hydrogens is 304 g/mol. The Morgan fingerprint density at radius 1 is 1.04 bits per heavy atom. The highest BCUT2D eigenvalue weighted by atomic mass is 16.5. The number of hydrogen-bond acceptors (Lipinski definition) is 5. The molecule has 122 valence electrons. The number of rotatable bonds is 6. The zero-order chi connectivity index (χ0) is 16.8. The van der Waals surface area contributed by atoms with Crippen LogP contribution >= 0.6 is 0 Å². The van der Waals surface area contributed by atoms with Crippen molar-refractivity contribution in [1.29, 1.82) is 0 Å². The van der Waals surface area contributed by atoms with E-state index in [0.29, 0.717) is 18.2 Å². The first-order valence-corrected chi connectivity index (χ1v) is 7.58. The topological polar surface area (TPSA) is 64.5 Å². The lowest BCUT2D eigenvalue weighted by Crippen LogP contribution is -2.01. The molecule has 3 rings (SSSR count). The lowest BCUT2D eigenvalue weighted by atomic mass is 10.2. The van der Waals surface area contributed by atoms with E-state index in [1.807, 2.05) is 54.6 Å². The second-order valence-corrected chi connectivity index (χ2v) is 5.17. The summed E-state index contributed by atoms with van der Waals surface area (Å²) in [4.78, 5) is 8.86. The minimum Gasteiger partial charge on any atom is -0.496 e. The second-order valence-electron chi connectivity index (χ2n) is 5.17. The second kappa shape index (κ2) is 7.57. The number of aliphatic hydroxyl groups is 1. The van der Waals surface area contributed by atoms with E-state index in [1.165, 1.54) is 0 Å². The van der Waals surface area contributed by atoms with E-state index in [0.717, 1.165) is 22.6 Å². The molecule has 0 atom stereocenters. The number of hydrogen-bond donors (Lipinski definition) is 1. The highest BCUT2D eigenvalue weighted by Crippen LogP contribution is 2.26. The third kappa shape index (κ3) is 3.70. The molecule has 0 aliphatic heterocycles. The number of methoxy groups -OCH3 is 1. The lowest BCUT2D eigenvalue weighted by molar-refractivity contribution is 0.277. The van der Waals surface area contributed by atoms with Gasteiger partial charge in [-0.2, -0.15) is 0 Å². The van der Waals surface area contributed by atoms with Gasteiger partial charge in [-0.1, -0.05) is 24.3 Å². The van der Waals surface area contributed by atoms with Crippen molar-refractivity contribution < 1.29 is 14.6 Å². The zero-order valence-corrected chi connectivity index (χ0v) is 13.3. The Kier molecular flexibility index (Phi) is 5.03. The van der Waals surface area contributed by atoms with Gasteiger partial charge in [0, 0.05) is 6.20 Å². The molecular formula is C19H18N2O3. The molecule has 0 aliphatic rings. The van der Waals surface area contributed by atoms with E-state index < -0.39 is 0 Å². The predicted octanol–water partition coefficient (Wildman–Crippen LogP) is 3.22. The summed E-state index contributed by atoms with van der Waals surface area (Å²) in [5.41, 5.74) is 2.41. The monoisotopic (exact) mass is 322 g/mol. The molecule has 3 aromatic rings. The number of para-hydroxylation sites is 1. The summed E-state index contributed by atoms with van der Waals surface area (Å²) in [7, 11) is 1.62. The SMILES string of the molecule is COc1ccccc1-c1nccc(COc2cccc(CO)c2)n1. The molecule has 0 bridgehead atoms. The molecule has 0 saturated carbocycles. The Labute approximate surface area is 140 Å². The first-order valence-electron chi connectivity index (χ1n) is 7.58. The maximum Gasteiger partial charge on any atom is 0.163 e. The summed E-state index contributed by atoms with van der Waals surface area (Å²) in [6.45, 7) is 0.308. The summed E-state index contributed by atoms with van der Waals surface area (Å²) in [5, 5.41) is 9.17. The number of benzene rings is 2. The van der Waals surface area contributed by atoms with Crippen molar-refractivity contribution in [2.45, 2.75) is 13.2 Å². The highest BCUT2D eigenvalue weighted by molar-refractivity contribution is 5.63. The normalized spacial score (nSPS) is 10.4. The maximum atomic E-state index is 9.17. The fourth-order valence-electron chi connectivity index (χ4n) is 2.33. The van der Waals surface area contributed by atoms with Crippen molar-refractivity contribution in [2.75, 3.05) is 7.11 Å². The van der Waals surface area contributed by atoms with Crippen molar-refractivity contribution in [3.05, 3.63) is 72.1 Å². The Morgan fingerprint density at radius 3 is 2.75 bits per heavy atom. The Bertz CT molecular complexity index is 821. The highest BCUT2D eigenvalue weighted by Gasteiger charge is 2.09. The van der Waals surface area contributed by atoms with Crippen LogP contribution in [0.25, 0.3) is 11.4 Å². The van der Waals surface area contributed by atoms with Gasteiger partial charge in [-0.3, -0.25) is 0 Å². The first kappa shape index (κ1) is 16.0. The minimum atomic E-state index is -0.0113. The van der Waals surface area contributed by atoms with Crippen molar-refractivity contribution in [3.63, 3.8) is 0 Å². The van der Waals surface area contributed by atoms with Gasteiger partial charge in [0.1, 0.15) is 18.1 Å². The molecule has 24 heavy (non-hydrogen) atoms. The number of aromatic nitrogens is 2. The summed E-state index contributed by atoms with van der Waals surface area (Å²) in [5.74, 6) is 2.02. The van der Waals surface area contributed by atoms with Crippen LogP contribution in [0.4, 0.5) is 0 Å². The summed E-state index contributed by atoms with van der Waals surface area (Å²) < 4.78 is 11.1. The van der Waals surface area contributed by atoms with E-state index in [9.17, 15) is 5.11 Å². The van der Waals surface area contributed by atoms with Crippen LogP contribution in [0.3, 0.4) is 0 Å². The van der Waals surface area contributed by atoms with Gasteiger partial charge in [-0.25, -0.2) is 9.97 Å². The van der Waals surface area contributed by atoms with E-state index in [4.69, 9.17) is 9.47 Å². The van der Waals surface area contributed by atoms with Gasteiger partial charge in [0.25, 0.3) is 0 Å². The molecule has 5 heteroatoms. The number of ether oxygens (including phenoxy) is 2. The molecule has 2 aromatic carbocycles. The molecule has 0 fully saturated rings. The predicted molar refractivity (Wildman–Crippen MR) is 90.7 cm³/mol. The van der Waals surface area contributed by atoms with Crippen LogP contribution < -0.4 is 9.47 Å². The lowest BCUT2D eigenvalue weighted by Gasteiger charge is -2.09. The summed E-state index contributed by atoms with van der Waals surface area (Å²) >= 11 is 0. The number of nitrogens with zero attached hydrogens (tertiary/aromatic N) is 2. The molecule has 0 saturated heterocycles. The van der Waals surface area contributed by atoms with E-state index in [-0.39, 0.29) is 6.61 Å². The van der Waals surface area contributed by atoms with Gasteiger partial charge in [-0.15, -0.1) is 0 Å². The minimum absolute atomic E-state index is 0.0113. The Morgan fingerprint density at radius 2 is 1.92 bits per heavy atom. The Balaban J connectivity index is 1.78. The van der Waals surface area contributed by atoms with Gasteiger partial charge < -0.3 is 14.6 Å². The van der Waals surface area contributed by atoms with E-state index in [1.54, 1.807) is 13.3 Å². The van der Waals surface area contributed by atoms with Crippen LogP contribution in [-0.2, 0) is 13.2 Å². The average Bonchev–Trinajstić information content (AvgIpc) is 2.66. The third-order valence-corrected chi connectivity index (χ3v) is 3.53. The molecule has 0 spiro atoms. The van der Waals surface area contributed by atoms with Crippen LogP contribution in [0, 0.1) is 0 Å². The van der Waals surface area contributed by atoms with E-state index in [2.05, 4.69) is 9.97 Å². The van der Waals surface area contributed by atoms with Crippen LogP contribution in [-0.4, -0.2) is 22.2 Å². The third-order valence-electron chi connectivity index (χ3n) is 3.53. The smallest absolute Gasteiger partial charge is 0.163 e. The maximum absolute atomic E-state index is 9.17. The van der Waals surface area contributed by atoms with Crippen molar-refractivity contribution in [1.82, 2.24) is 9.97 Å². The van der Waals surface area contributed by atoms with Crippen LogP contribution in [0.5, 0.6) is 11.5 Å². The molecule has 1 heterocycles. The molecule has 0 radical (unpaired) electrons. The van der Waals surface area contributed by atoms with Gasteiger partial charge in [0.15, 0.2) is 5.82 Å². The fraction of sp³-hybridized carbons (Fsp3) is 0.158. The van der Waals surface area contributed by atoms with Gasteiger partial charge >= 0.3 is 0 Å². The molecule has 1 N–H and O–H groups in total. The Hall–Kier alpha value is -2.92. The van der Waals surface area contributed by atoms with Crippen molar-refractivity contribution >= 4 is 0 Å². The standard InChI is InChI=1S/C19H18N2O3/c1-23-18-8-3-2-7-17(18)19-20-10-9-15(21-19)13-24-16-6-4-5-14(11-16)12-22/h2-11,22H,12-13H2,1H3. The quantitative estimate of drug-likeness (QED) is 0.755. The van der Waals surface area contributed by atoms with Gasteiger partial charge in [-0.05, 0) is 35.9 Å². The van der Waals surface area contributed by atoms with Crippen molar-refractivity contribution in [3.8, 4) is 22.9 Å². The number of aliphatic hydroxyl groups excluding tert-OH is 1. The molecule has 1 aromatic heterocycles. The molecule has 0 aliphatic carbocycles. The van der Waals surface area contributed by atoms with Gasteiger partial charge in [0.05, 0.1) is 25.0 Å². The van der Waals surface area contributed by atoms with Crippen LogP contribution in [0.15, 0.2) is 60.8 Å². The largest absolute Gasteiger partial charge is 0.496 e. The molecule has 0 amide bonds. The van der Waals surface area contributed by atoms with Crippen LogP contribution in [0.2, 0.25) is 0 Å². The average molecular weight is 322 g/mol. The van der Waals surface area contributed by atoms with Crippen LogP contribution in [0.1, 0.15) is 11.3 Å². The summed E-state index contributed by atoms with van der Waals surface area (Å²) in [6.07, 6.45) is 1.71. The molecule has 0 unspecified atom stereocenters. The van der Waals surface area contributed by atoms with Gasteiger partial charge in [0.2, 0.25) is 0 Å². The van der Waals surface area contributed by atoms with E-state index >= 15 is 0 Å². The zero-order valence-electron chi connectivity index (χ0n) is 13.3. The first-order chi connectivity index (χ1) is 11.8.